The van der Waals surface area contributed by atoms with Gasteiger partial charge in [0.25, 0.3) is 0 Å². The Balaban J connectivity index is 2.23. The van der Waals surface area contributed by atoms with Crippen molar-refractivity contribution in [3.05, 3.63) is 46.1 Å². The Morgan fingerprint density at radius 2 is 2.06 bits per heavy atom. The number of ether oxygens (including phenoxy) is 1. The molecule has 0 fully saturated rings. The van der Waals surface area contributed by atoms with Crippen LogP contribution < -0.4 is 4.74 Å². The van der Waals surface area contributed by atoms with Crippen LogP contribution in [0, 0.1) is 0 Å². The van der Waals surface area contributed by atoms with E-state index in [2.05, 4.69) is 21.0 Å². The quantitative estimate of drug-likeness (QED) is 0.941. The van der Waals surface area contributed by atoms with Crippen LogP contribution >= 0.6 is 15.9 Å². The third kappa shape index (κ3) is 2.68. The first kappa shape index (κ1) is 12.1. The van der Waals surface area contributed by atoms with Gasteiger partial charge in [0, 0.05) is 4.47 Å². The topological polar surface area (TPSA) is 47.3 Å². The highest BCUT2D eigenvalue weighted by Crippen LogP contribution is 2.19. The summed E-state index contributed by atoms with van der Waals surface area (Å²) >= 11 is 3.39. The SMILES string of the molecule is COc1c(CO)cnn1Cc1ccc(Br)cc1. The van der Waals surface area contributed by atoms with Crippen LogP contribution in [0.15, 0.2) is 34.9 Å². The van der Waals surface area contributed by atoms with Gasteiger partial charge in [0.15, 0.2) is 0 Å². The molecule has 5 heteroatoms. The number of hydrogen-bond acceptors (Lipinski definition) is 3. The molecule has 1 N–H and O–H groups in total. The van der Waals surface area contributed by atoms with Crippen molar-refractivity contribution in [2.75, 3.05) is 7.11 Å². The highest BCUT2D eigenvalue weighted by Gasteiger charge is 2.10. The zero-order valence-corrected chi connectivity index (χ0v) is 11.0. The summed E-state index contributed by atoms with van der Waals surface area (Å²) < 4.78 is 8.01. The molecule has 4 nitrogen and oxygen atoms in total. The van der Waals surface area contributed by atoms with Gasteiger partial charge >= 0.3 is 0 Å². The van der Waals surface area contributed by atoms with Gasteiger partial charge in [-0.25, -0.2) is 4.68 Å². The van der Waals surface area contributed by atoms with Crippen LogP contribution in [0.3, 0.4) is 0 Å². The van der Waals surface area contributed by atoms with Gasteiger partial charge in [0.2, 0.25) is 5.88 Å². The van der Waals surface area contributed by atoms with Crippen molar-refractivity contribution < 1.29 is 9.84 Å². The van der Waals surface area contributed by atoms with Gasteiger partial charge in [0.05, 0.1) is 32.0 Å². The van der Waals surface area contributed by atoms with Crippen LogP contribution in [0.1, 0.15) is 11.1 Å². The molecule has 0 radical (unpaired) electrons. The van der Waals surface area contributed by atoms with E-state index in [1.165, 1.54) is 0 Å². The smallest absolute Gasteiger partial charge is 0.217 e. The molecule has 90 valence electrons. The summed E-state index contributed by atoms with van der Waals surface area (Å²) in [6.45, 7) is 0.556. The first-order valence-corrected chi connectivity index (χ1v) is 5.98. The summed E-state index contributed by atoms with van der Waals surface area (Å²) in [7, 11) is 1.58. The average molecular weight is 297 g/mol. The summed E-state index contributed by atoms with van der Waals surface area (Å²) in [4.78, 5) is 0. The van der Waals surface area contributed by atoms with Crippen molar-refractivity contribution in [2.45, 2.75) is 13.2 Å². The molecule has 0 bridgehead atoms. The van der Waals surface area contributed by atoms with Crippen LogP contribution in [0.25, 0.3) is 0 Å². The fourth-order valence-corrected chi connectivity index (χ4v) is 1.90. The number of aliphatic hydroxyl groups excluding tert-OH is 1. The molecule has 0 atom stereocenters. The fourth-order valence-electron chi connectivity index (χ4n) is 1.63. The summed E-state index contributed by atoms with van der Waals surface area (Å²) in [5, 5.41) is 13.3. The van der Waals surface area contributed by atoms with E-state index in [4.69, 9.17) is 9.84 Å². The fraction of sp³-hybridized carbons (Fsp3) is 0.250. The largest absolute Gasteiger partial charge is 0.481 e. The van der Waals surface area contributed by atoms with Crippen LogP contribution in [-0.4, -0.2) is 22.0 Å². The monoisotopic (exact) mass is 296 g/mol. The summed E-state index contributed by atoms with van der Waals surface area (Å²) in [6.07, 6.45) is 1.62. The maximum Gasteiger partial charge on any atom is 0.217 e. The van der Waals surface area contributed by atoms with Crippen LogP contribution in [-0.2, 0) is 13.2 Å². The number of halogens is 1. The minimum atomic E-state index is -0.0660. The minimum Gasteiger partial charge on any atom is -0.481 e. The van der Waals surface area contributed by atoms with Crippen molar-refractivity contribution in [3.8, 4) is 5.88 Å². The van der Waals surface area contributed by atoms with Gasteiger partial charge in [-0.1, -0.05) is 28.1 Å². The van der Waals surface area contributed by atoms with Gasteiger partial charge in [0.1, 0.15) is 0 Å². The van der Waals surface area contributed by atoms with Crippen molar-refractivity contribution in [2.24, 2.45) is 0 Å². The Morgan fingerprint density at radius 3 is 2.65 bits per heavy atom. The first-order valence-electron chi connectivity index (χ1n) is 5.18. The number of hydrogen-bond donors (Lipinski definition) is 1. The van der Waals surface area contributed by atoms with E-state index >= 15 is 0 Å². The first-order chi connectivity index (χ1) is 8.24. The van der Waals surface area contributed by atoms with E-state index in [0.29, 0.717) is 18.0 Å². The van der Waals surface area contributed by atoms with Gasteiger partial charge in [-0.2, -0.15) is 5.10 Å². The molecule has 0 saturated carbocycles. The lowest BCUT2D eigenvalue weighted by atomic mass is 10.2. The Labute approximate surface area is 108 Å². The number of aromatic nitrogens is 2. The number of benzene rings is 1. The van der Waals surface area contributed by atoms with Gasteiger partial charge in [-0.15, -0.1) is 0 Å². The molecule has 17 heavy (non-hydrogen) atoms. The van der Waals surface area contributed by atoms with Crippen LogP contribution in [0.4, 0.5) is 0 Å². The predicted octanol–water partition coefficient (Wildman–Crippen LogP) is 2.19. The lowest BCUT2D eigenvalue weighted by Gasteiger charge is -2.07. The molecule has 0 spiro atoms. The summed E-state index contributed by atoms with van der Waals surface area (Å²) in [6, 6.07) is 8.00. The Morgan fingerprint density at radius 1 is 1.35 bits per heavy atom. The molecule has 0 aliphatic rings. The van der Waals surface area contributed by atoms with Gasteiger partial charge in [-0.05, 0) is 17.7 Å². The van der Waals surface area contributed by atoms with E-state index < -0.39 is 0 Å². The molecule has 0 saturated heterocycles. The Bertz CT molecular complexity index is 494. The summed E-state index contributed by atoms with van der Waals surface area (Å²) in [5.74, 6) is 0.607. The molecule has 2 rings (SSSR count). The van der Waals surface area contributed by atoms with E-state index in [-0.39, 0.29) is 6.61 Å². The van der Waals surface area contributed by atoms with Gasteiger partial charge < -0.3 is 9.84 Å². The average Bonchev–Trinajstić information content (AvgIpc) is 2.74. The second-order valence-electron chi connectivity index (χ2n) is 3.62. The molecule has 0 unspecified atom stereocenters. The van der Waals surface area contributed by atoms with Crippen molar-refractivity contribution in [3.63, 3.8) is 0 Å². The number of nitrogens with zero attached hydrogens (tertiary/aromatic N) is 2. The minimum absolute atomic E-state index is 0.0660. The second kappa shape index (κ2) is 5.33. The van der Waals surface area contributed by atoms with E-state index in [1.807, 2.05) is 24.3 Å². The standard InChI is InChI=1S/C12H13BrN2O2/c1-17-12-10(8-16)6-14-15(12)7-9-2-4-11(13)5-3-9/h2-6,16H,7-8H2,1H3. The van der Waals surface area contributed by atoms with Crippen molar-refractivity contribution in [1.29, 1.82) is 0 Å². The highest BCUT2D eigenvalue weighted by molar-refractivity contribution is 9.10. The van der Waals surface area contributed by atoms with Gasteiger partial charge in [-0.3, -0.25) is 0 Å². The number of rotatable bonds is 4. The molecule has 2 aromatic rings. The molecular formula is C12H13BrN2O2. The highest BCUT2D eigenvalue weighted by atomic mass is 79.9. The molecule has 1 aromatic carbocycles. The van der Waals surface area contributed by atoms with Crippen LogP contribution in [0.5, 0.6) is 5.88 Å². The third-order valence-electron chi connectivity index (χ3n) is 2.47. The molecular weight excluding hydrogens is 284 g/mol. The Kier molecular flexibility index (Phi) is 3.81. The number of aliphatic hydroxyl groups is 1. The maximum atomic E-state index is 9.13. The maximum absolute atomic E-state index is 9.13. The molecule has 1 aromatic heterocycles. The third-order valence-corrected chi connectivity index (χ3v) is 3.00. The molecule has 0 aliphatic heterocycles. The molecule has 0 aliphatic carbocycles. The lowest BCUT2D eigenvalue weighted by molar-refractivity contribution is 0.270. The normalized spacial score (nSPS) is 10.5. The van der Waals surface area contributed by atoms with E-state index in [9.17, 15) is 0 Å². The molecule has 1 heterocycles. The zero-order chi connectivity index (χ0) is 12.3. The van der Waals surface area contributed by atoms with Crippen molar-refractivity contribution in [1.82, 2.24) is 9.78 Å². The molecule has 0 amide bonds. The van der Waals surface area contributed by atoms with E-state index in [0.717, 1.165) is 10.0 Å². The predicted molar refractivity (Wildman–Crippen MR) is 67.9 cm³/mol. The summed E-state index contributed by atoms with van der Waals surface area (Å²) in [5.41, 5.74) is 1.82. The van der Waals surface area contributed by atoms with Crippen LogP contribution in [0.2, 0.25) is 0 Å². The Hall–Kier alpha value is -1.33. The van der Waals surface area contributed by atoms with Crippen molar-refractivity contribution >= 4 is 15.9 Å². The number of methoxy groups -OCH3 is 1. The lowest BCUT2D eigenvalue weighted by Crippen LogP contribution is -2.04. The van der Waals surface area contributed by atoms with E-state index in [1.54, 1.807) is 18.0 Å². The zero-order valence-electron chi connectivity index (χ0n) is 9.43. The second-order valence-corrected chi connectivity index (χ2v) is 4.54.